The Bertz CT molecular complexity index is 933. The number of rotatable bonds is 5. The van der Waals surface area contributed by atoms with Crippen molar-refractivity contribution >= 4 is 22.8 Å². The van der Waals surface area contributed by atoms with E-state index in [1.165, 1.54) is 13.2 Å². The van der Waals surface area contributed by atoms with Crippen molar-refractivity contribution < 1.29 is 19.1 Å². The average Bonchev–Trinajstić information content (AvgIpc) is 3.05. The molecule has 7 heteroatoms. The first kappa shape index (κ1) is 16.5. The van der Waals surface area contributed by atoms with Crippen molar-refractivity contribution in [3.63, 3.8) is 0 Å². The summed E-state index contributed by atoms with van der Waals surface area (Å²) in [6.07, 6.45) is 1.51. The van der Waals surface area contributed by atoms with Crippen molar-refractivity contribution in [2.45, 2.75) is 6.92 Å². The molecular weight excluding hydrogens is 322 g/mol. The highest BCUT2D eigenvalue weighted by Crippen LogP contribution is 2.26. The summed E-state index contributed by atoms with van der Waals surface area (Å²) in [5, 5.41) is 3.39. The molecule has 2 N–H and O–H groups in total. The quantitative estimate of drug-likeness (QED) is 0.697. The summed E-state index contributed by atoms with van der Waals surface area (Å²) in [6, 6.07) is 10.3. The van der Waals surface area contributed by atoms with Crippen LogP contribution in [0, 0.1) is 0 Å². The maximum atomic E-state index is 11.8. The van der Waals surface area contributed by atoms with Gasteiger partial charge in [0.2, 0.25) is 0 Å². The number of H-pyrrole nitrogens is 1. The Hall–Kier alpha value is -3.35. The predicted molar refractivity (Wildman–Crippen MR) is 92.0 cm³/mol. The molecule has 7 nitrogen and oxygen atoms in total. The largest absolute Gasteiger partial charge is 0.461 e. The van der Waals surface area contributed by atoms with E-state index in [2.05, 4.69) is 15.3 Å². The van der Waals surface area contributed by atoms with E-state index < -0.39 is 5.97 Å². The minimum Gasteiger partial charge on any atom is -0.461 e. The zero-order valence-electron chi connectivity index (χ0n) is 13.8. The second-order valence-corrected chi connectivity index (χ2v) is 5.21. The van der Waals surface area contributed by atoms with Crippen LogP contribution in [0.15, 0.2) is 42.6 Å². The second kappa shape index (κ2) is 7.04. The van der Waals surface area contributed by atoms with Gasteiger partial charge < -0.3 is 19.8 Å². The second-order valence-electron chi connectivity index (χ2n) is 5.21. The van der Waals surface area contributed by atoms with Crippen LogP contribution in [-0.2, 0) is 4.74 Å². The number of hydrogen-bond donors (Lipinski definition) is 2. The Morgan fingerprint density at radius 3 is 2.72 bits per heavy atom. The van der Waals surface area contributed by atoms with E-state index in [9.17, 15) is 9.59 Å². The average molecular weight is 339 g/mol. The van der Waals surface area contributed by atoms with Crippen LogP contribution >= 0.6 is 0 Å². The highest BCUT2D eigenvalue weighted by Gasteiger charge is 2.11. The predicted octanol–water partition coefficient (Wildman–Crippen LogP) is 2.89. The number of benzene rings is 1. The van der Waals surface area contributed by atoms with Crippen LogP contribution in [0.2, 0.25) is 0 Å². The monoisotopic (exact) mass is 339 g/mol. The number of carbonyl (C=O) groups is 2. The van der Waals surface area contributed by atoms with E-state index in [0.717, 1.165) is 10.9 Å². The van der Waals surface area contributed by atoms with Gasteiger partial charge in [-0.1, -0.05) is 0 Å². The molecule has 0 atom stereocenters. The van der Waals surface area contributed by atoms with Crippen LogP contribution in [-0.4, -0.2) is 35.5 Å². The first-order valence-corrected chi connectivity index (χ1v) is 7.76. The Balaban J connectivity index is 1.85. The highest BCUT2D eigenvalue weighted by molar-refractivity contribution is 5.95. The van der Waals surface area contributed by atoms with Gasteiger partial charge in [0, 0.05) is 36.3 Å². The van der Waals surface area contributed by atoms with Crippen LogP contribution in [0.1, 0.15) is 27.9 Å². The van der Waals surface area contributed by atoms with Gasteiger partial charge in [0.05, 0.1) is 6.61 Å². The molecule has 0 fully saturated rings. The summed E-state index contributed by atoms with van der Waals surface area (Å²) in [5.41, 5.74) is 1.41. The van der Waals surface area contributed by atoms with Crippen molar-refractivity contribution in [1.29, 1.82) is 0 Å². The van der Waals surface area contributed by atoms with Crippen LogP contribution in [0.5, 0.6) is 11.5 Å². The normalized spacial score (nSPS) is 10.5. The molecule has 0 unspecified atom stereocenters. The molecule has 0 aliphatic heterocycles. The van der Waals surface area contributed by atoms with E-state index in [1.54, 1.807) is 37.3 Å². The molecule has 0 saturated carbocycles. The molecule has 0 aliphatic rings. The molecule has 0 saturated heterocycles. The number of nitrogens with zero attached hydrogens (tertiary/aromatic N) is 1. The number of carbonyl (C=O) groups excluding carboxylic acids is 2. The van der Waals surface area contributed by atoms with Crippen molar-refractivity contribution in [3.8, 4) is 11.5 Å². The van der Waals surface area contributed by atoms with Crippen molar-refractivity contribution in [3.05, 3.63) is 54.0 Å². The third-order valence-corrected chi connectivity index (χ3v) is 3.52. The summed E-state index contributed by atoms with van der Waals surface area (Å²) in [7, 11) is 1.54. The number of fused-ring (bicyclic) bond motifs is 1. The van der Waals surface area contributed by atoms with Crippen LogP contribution in [0.3, 0.4) is 0 Å². The number of ether oxygens (including phenoxy) is 2. The number of esters is 1. The lowest BCUT2D eigenvalue weighted by Crippen LogP contribution is -2.18. The van der Waals surface area contributed by atoms with E-state index >= 15 is 0 Å². The number of hydrogen-bond acceptors (Lipinski definition) is 5. The van der Waals surface area contributed by atoms with Crippen LogP contribution < -0.4 is 10.1 Å². The molecule has 0 bridgehead atoms. The lowest BCUT2D eigenvalue weighted by Gasteiger charge is -2.07. The van der Waals surface area contributed by atoms with E-state index in [-0.39, 0.29) is 11.6 Å². The third-order valence-electron chi connectivity index (χ3n) is 3.52. The Morgan fingerprint density at radius 1 is 1.16 bits per heavy atom. The number of amides is 1. The van der Waals surface area contributed by atoms with E-state index in [0.29, 0.717) is 23.8 Å². The third kappa shape index (κ3) is 3.60. The molecule has 0 radical (unpaired) electrons. The first-order chi connectivity index (χ1) is 12.1. The summed E-state index contributed by atoms with van der Waals surface area (Å²) in [5.74, 6) is 0.374. The molecule has 2 aromatic heterocycles. The summed E-state index contributed by atoms with van der Waals surface area (Å²) in [6.45, 7) is 2.08. The molecule has 1 aromatic carbocycles. The number of aromatic nitrogens is 2. The molecule has 3 rings (SSSR count). The zero-order chi connectivity index (χ0) is 17.8. The smallest absolute Gasteiger partial charge is 0.354 e. The van der Waals surface area contributed by atoms with Gasteiger partial charge in [-0.3, -0.25) is 9.78 Å². The standard InChI is InChI=1S/C18H17N3O4/c1-3-24-18(23)16-8-11-4-5-12(9-14(11)21-16)25-13-6-7-20-15(10-13)17(22)19-2/h4-10,21H,3H2,1-2H3,(H,19,22). The van der Waals surface area contributed by atoms with Gasteiger partial charge in [0.25, 0.3) is 5.91 Å². The molecule has 0 spiro atoms. The van der Waals surface area contributed by atoms with Crippen molar-refractivity contribution in [2.24, 2.45) is 0 Å². The molecule has 2 heterocycles. The molecule has 3 aromatic rings. The SMILES string of the molecule is CCOC(=O)c1cc2ccc(Oc3ccnc(C(=O)NC)c3)cc2[nH]1. The fourth-order valence-corrected chi connectivity index (χ4v) is 2.35. The van der Waals surface area contributed by atoms with Crippen LogP contribution in [0.25, 0.3) is 10.9 Å². The van der Waals surface area contributed by atoms with Crippen LogP contribution in [0.4, 0.5) is 0 Å². The first-order valence-electron chi connectivity index (χ1n) is 7.76. The maximum absolute atomic E-state index is 11.8. The van der Waals surface area contributed by atoms with Crippen molar-refractivity contribution in [1.82, 2.24) is 15.3 Å². The Morgan fingerprint density at radius 2 is 1.96 bits per heavy atom. The van der Waals surface area contributed by atoms with Gasteiger partial charge in [-0.05, 0) is 31.2 Å². The Kier molecular flexibility index (Phi) is 4.65. The Labute approximate surface area is 144 Å². The lowest BCUT2D eigenvalue weighted by atomic mass is 10.2. The minimum absolute atomic E-state index is 0.269. The molecule has 1 amide bonds. The number of pyridine rings is 1. The number of aromatic amines is 1. The van der Waals surface area contributed by atoms with E-state index in [1.807, 2.05) is 6.07 Å². The summed E-state index contributed by atoms with van der Waals surface area (Å²) >= 11 is 0. The lowest BCUT2D eigenvalue weighted by molar-refractivity contribution is 0.0520. The molecular formula is C18H17N3O4. The topological polar surface area (TPSA) is 93.3 Å². The zero-order valence-corrected chi connectivity index (χ0v) is 13.8. The molecule has 0 aliphatic carbocycles. The number of nitrogens with one attached hydrogen (secondary N) is 2. The van der Waals surface area contributed by atoms with Gasteiger partial charge in [-0.2, -0.15) is 0 Å². The summed E-state index contributed by atoms with van der Waals surface area (Å²) in [4.78, 5) is 30.4. The van der Waals surface area contributed by atoms with Gasteiger partial charge >= 0.3 is 5.97 Å². The summed E-state index contributed by atoms with van der Waals surface area (Å²) < 4.78 is 10.8. The fourth-order valence-electron chi connectivity index (χ4n) is 2.35. The van der Waals surface area contributed by atoms with Gasteiger partial charge in [-0.25, -0.2) is 4.79 Å². The van der Waals surface area contributed by atoms with Gasteiger partial charge in [-0.15, -0.1) is 0 Å². The van der Waals surface area contributed by atoms with Gasteiger partial charge in [0.1, 0.15) is 22.9 Å². The van der Waals surface area contributed by atoms with Gasteiger partial charge in [0.15, 0.2) is 0 Å². The van der Waals surface area contributed by atoms with Crippen molar-refractivity contribution in [2.75, 3.05) is 13.7 Å². The maximum Gasteiger partial charge on any atom is 0.354 e. The van der Waals surface area contributed by atoms with E-state index in [4.69, 9.17) is 9.47 Å². The molecule has 128 valence electrons. The minimum atomic E-state index is -0.398. The molecule has 25 heavy (non-hydrogen) atoms. The highest BCUT2D eigenvalue weighted by atomic mass is 16.5. The fraction of sp³-hybridized carbons (Fsp3) is 0.167.